The zero-order valence-electron chi connectivity index (χ0n) is 6.77. The molecule has 0 aromatic rings. The van der Waals surface area contributed by atoms with Gasteiger partial charge < -0.3 is 0 Å². The van der Waals surface area contributed by atoms with E-state index in [-0.39, 0.29) is 5.92 Å². The summed E-state index contributed by atoms with van der Waals surface area (Å²) in [7, 11) is 0. The molecule has 0 N–H and O–H groups in total. The lowest BCUT2D eigenvalue weighted by Gasteiger charge is -2.13. The first-order valence-corrected chi connectivity index (χ1v) is 3.60. The first-order chi connectivity index (χ1) is 4.09. The van der Waals surface area contributed by atoms with Gasteiger partial charge in [0.05, 0.1) is 0 Å². The molecule has 0 heterocycles. The van der Waals surface area contributed by atoms with Gasteiger partial charge in [-0.15, -0.1) is 0 Å². The van der Waals surface area contributed by atoms with Crippen LogP contribution in [0.2, 0.25) is 0 Å². The standard InChI is InChI=1S/C8H16O/c1-5-6(2)7(3)8(4)9/h6-7H,5H2,1-4H3/t6-,7-/m1/s1. The molecule has 54 valence electrons. The Labute approximate surface area is 57.5 Å². The van der Waals surface area contributed by atoms with Crippen molar-refractivity contribution >= 4 is 5.78 Å². The fourth-order valence-corrected chi connectivity index (χ4v) is 0.754. The number of Topliss-reactive ketones (excluding diaryl/α,β-unsaturated/α-hetero) is 1. The highest BCUT2D eigenvalue weighted by Crippen LogP contribution is 2.14. The van der Waals surface area contributed by atoms with E-state index in [1.807, 2.05) is 6.92 Å². The molecule has 0 rings (SSSR count). The monoisotopic (exact) mass is 128 g/mol. The van der Waals surface area contributed by atoms with Crippen LogP contribution < -0.4 is 0 Å². The van der Waals surface area contributed by atoms with E-state index in [2.05, 4.69) is 13.8 Å². The fraction of sp³-hybridized carbons (Fsp3) is 0.875. The Balaban J connectivity index is 3.72. The van der Waals surface area contributed by atoms with Crippen molar-refractivity contribution in [3.05, 3.63) is 0 Å². The highest BCUT2D eigenvalue weighted by Gasteiger charge is 2.13. The van der Waals surface area contributed by atoms with Crippen LogP contribution in [0.25, 0.3) is 0 Å². The zero-order valence-corrected chi connectivity index (χ0v) is 6.77. The summed E-state index contributed by atoms with van der Waals surface area (Å²) in [5, 5.41) is 0. The second-order valence-corrected chi connectivity index (χ2v) is 2.78. The van der Waals surface area contributed by atoms with Crippen molar-refractivity contribution in [3.63, 3.8) is 0 Å². The average Bonchev–Trinajstić information content (AvgIpc) is 1.84. The molecular weight excluding hydrogens is 112 g/mol. The lowest BCUT2D eigenvalue weighted by Crippen LogP contribution is -2.14. The van der Waals surface area contributed by atoms with Gasteiger partial charge in [0.25, 0.3) is 0 Å². The summed E-state index contributed by atoms with van der Waals surface area (Å²) in [6.45, 7) is 7.89. The minimum absolute atomic E-state index is 0.245. The molecule has 1 nitrogen and oxygen atoms in total. The quantitative estimate of drug-likeness (QED) is 0.569. The van der Waals surface area contributed by atoms with Gasteiger partial charge in [0.2, 0.25) is 0 Å². The first kappa shape index (κ1) is 8.67. The topological polar surface area (TPSA) is 17.1 Å². The molecule has 0 amide bonds. The number of rotatable bonds is 3. The van der Waals surface area contributed by atoms with Gasteiger partial charge in [-0.2, -0.15) is 0 Å². The van der Waals surface area contributed by atoms with Gasteiger partial charge in [-0.25, -0.2) is 0 Å². The molecule has 0 radical (unpaired) electrons. The van der Waals surface area contributed by atoms with Crippen molar-refractivity contribution < 1.29 is 4.79 Å². The highest BCUT2D eigenvalue weighted by molar-refractivity contribution is 5.78. The molecule has 1 heteroatoms. The van der Waals surface area contributed by atoms with Crippen LogP contribution in [0.15, 0.2) is 0 Å². The van der Waals surface area contributed by atoms with Crippen molar-refractivity contribution in [2.45, 2.75) is 34.1 Å². The van der Waals surface area contributed by atoms with Crippen LogP contribution in [0.3, 0.4) is 0 Å². The Morgan fingerprint density at radius 1 is 1.44 bits per heavy atom. The lowest BCUT2D eigenvalue weighted by atomic mass is 9.91. The zero-order chi connectivity index (χ0) is 7.44. The maximum Gasteiger partial charge on any atom is 0.132 e. The van der Waals surface area contributed by atoms with Crippen LogP contribution in [-0.4, -0.2) is 5.78 Å². The number of hydrogen-bond acceptors (Lipinski definition) is 1. The van der Waals surface area contributed by atoms with Crippen LogP contribution in [0.5, 0.6) is 0 Å². The van der Waals surface area contributed by atoms with Crippen molar-refractivity contribution in [1.82, 2.24) is 0 Å². The third-order valence-corrected chi connectivity index (χ3v) is 2.14. The molecule has 2 atom stereocenters. The van der Waals surface area contributed by atoms with E-state index < -0.39 is 0 Å². The van der Waals surface area contributed by atoms with E-state index in [1.54, 1.807) is 6.92 Å². The highest BCUT2D eigenvalue weighted by atomic mass is 16.1. The molecule has 0 spiro atoms. The predicted molar refractivity (Wildman–Crippen MR) is 39.3 cm³/mol. The Kier molecular flexibility index (Phi) is 3.52. The van der Waals surface area contributed by atoms with Crippen LogP contribution in [0.4, 0.5) is 0 Å². The van der Waals surface area contributed by atoms with Crippen LogP contribution >= 0.6 is 0 Å². The Morgan fingerprint density at radius 2 is 1.89 bits per heavy atom. The molecule has 0 saturated heterocycles. The normalized spacial score (nSPS) is 16.9. The second-order valence-electron chi connectivity index (χ2n) is 2.78. The van der Waals surface area contributed by atoms with E-state index in [1.165, 1.54) is 0 Å². The molecule has 0 unspecified atom stereocenters. The summed E-state index contributed by atoms with van der Waals surface area (Å²) in [5.74, 6) is 1.10. The van der Waals surface area contributed by atoms with E-state index in [0.717, 1.165) is 6.42 Å². The smallest absolute Gasteiger partial charge is 0.132 e. The van der Waals surface area contributed by atoms with Gasteiger partial charge in [-0.1, -0.05) is 27.2 Å². The molecule has 0 aliphatic heterocycles. The van der Waals surface area contributed by atoms with Gasteiger partial charge in [0, 0.05) is 5.92 Å². The van der Waals surface area contributed by atoms with E-state index in [4.69, 9.17) is 0 Å². The molecule has 9 heavy (non-hydrogen) atoms. The van der Waals surface area contributed by atoms with Crippen LogP contribution in [0.1, 0.15) is 34.1 Å². The summed E-state index contributed by atoms with van der Waals surface area (Å²) in [5.41, 5.74) is 0. The van der Waals surface area contributed by atoms with E-state index >= 15 is 0 Å². The summed E-state index contributed by atoms with van der Waals surface area (Å²) in [4.78, 5) is 10.7. The molecule has 0 aliphatic carbocycles. The molecule has 0 aliphatic rings. The SMILES string of the molecule is CC[C@@H](C)[C@@H](C)C(C)=O. The van der Waals surface area contributed by atoms with Crippen molar-refractivity contribution in [2.24, 2.45) is 11.8 Å². The summed E-state index contributed by atoms with van der Waals surface area (Å²) >= 11 is 0. The number of carbonyl (C=O) groups is 1. The third-order valence-electron chi connectivity index (χ3n) is 2.14. The predicted octanol–water partition coefficient (Wildman–Crippen LogP) is 2.26. The van der Waals surface area contributed by atoms with Crippen molar-refractivity contribution in [2.75, 3.05) is 0 Å². The maximum absolute atomic E-state index is 10.7. The van der Waals surface area contributed by atoms with Crippen LogP contribution in [0, 0.1) is 11.8 Å². The molecule has 0 bridgehead atoms. The van der Waals surface area contributed by atoms with Gasteiger partial charge in [-0.05, 0) is 12.8 Å². The summed E-state index contributed by atoms with van der Waals surface area (Å²) < 4.78 is 0. The fourth-order valence-electron chi connectivity index (χ4n) is 0.754. The van der Waals surface area contributed by atoms with Gasteiger partial charge >= 0.3 is 0 Å². The third kappa shape index (κ3) is 2.64. The Bertz CT molecular complexity index is 96.7. The molecule has 0 saturated carbocycles. The Morgan fingerprint density at radius 3 is 2.00 bits per heavy atom. The van der Waals surface area contributed by atoms with E-state index in [0.29, 0.717) is 11.7 Å². The average molecular weight is 128 g/mol. The number of ketones is 1. The molecular formula is C8H16O. The molecule has 0 aromatic carbocycles. The van der Waals surface area contributed by atoms with Gasteiger partial charge in [-0.3, -0.25) is 4.79 Å². The maximum atomic E-state index is 10.7. The van der Waals surface area contributed by atoms with Gasteiger partial charge in [0.15, 0.2) is 0 Å². The van der Waals surface area contributed by atoms with Crippen molar-refractivity contribution in [1.29, 1.82) is 0 Å². The largest absolute Gasteiger partial charge is 0.300 e. The summed E-state index contributed by atoms with van der Waals surface area (Å²) in [6.07, 6.45) is 1.10. The minimum Gasteiger partial charge on any atom is -0.300 e. The number of hydrogen-bond donors (Lipinski definition) is 0. The van der Waals surface area contributed by atoms with Crippen LogP contribution in [-0.2, 0) is 4.79 Å². The second kappa shape index (κ2) is 3.65. The Hall–Kier alpha value is -0.330. The first-order valence-electron chi connectivity index (χ1n) is 3.60. The minimum atomic E-state index is 0.245. The van der Waals surface area contributed by atoms with E-state index in [9.17, 15) is 4.79 Å². The summed E-state index contributed by atoms with van der Waals surface area (Å²) in [6, 6.07) is 0. The van der Waals surface area contributed by atoms with Crippen molar-refractivity contribution in [3.8, 4) is 0 Å². The number of carbonyl (C=O) groups excluding carboxylic acids is 1. The van der Waals surface area contributed by atoms with Gasteiger partial charge in [0.1, 0.15) is 5.78 Å². The molecule has 0 fully saturated rings. The lowest BCUT2D eigenvalue weighted by molar-refractivity contribution is -0.121. The molecule has 0 aromatic heterocycles.